The fourth-order valence-corrected chi connectivity index (χ4v) is 4.69. The normalized spacial score (nSPS) is 19.9. The van der Waals surface area contributed by atoms with Gasteiger partial charge in [0.15, 0.2) is 0 Å². The number of benzene rings is 2. The van der Waals surface area contributed by atoms with Crippen molar-refractivity contribution in [3.63, 3.8) is 0 Å². The average Bonchev–Trinajstić information content (AvgIpc) is 2.97. The lowest BCUT2D eigenvalue weighted by molar-refractivity contribution is -0.123. The van der Waals surface area contributed by atoms with Gasteiger partial charge in [-0.2, -0.15) is 0 Å². The Hall–Kier alpha value is -2.33. The number of carbonyl (C=O) groups excluding carboxylic acids is 2. The third-order valence-electron chi connectivity index (χ3n) is 5.35. The molecular formula is C23H23NO2S. The van der Waals surface area contributed by atoms with Gasteiger partial charge in [0.2, 0.25) is 0 Å². The fourth-order valence-electron chi connectivity index (χ4n) is 3.84. The Morgan fingerprint density at radius 3 is 2.26 bits per heavy atom. The summed E-state index contributed by atoms with van der Waals surface area (Å²) in [7, 11) is 0. The van der Waals surface area contributed by atoms with Crippen molar-refractivity contribution in [2.24, 2.45) is 5.92 Å². The van der Waals surface area contributed by atoms with Crippen molar-refractivity contribution >= 4 is 29.0 Å². The van der Waals surface area contributed by atoms with E-state index in [0.29, 0.717) is 17.4 Å². The first-order valence-electron chi connectivity index (χ1n) is 9.61. The van der Waals surface area contributed by atoms with Gasteiger partial charge in [0.05, 0.1) is 4.91 Å². The van der Waals surface area contributed by atoms with Gasteiger partial charge in [-0.1, -0.05) is 73.9 Å². The van der Waals surface area contributed by atoms with Crippen molar-refractivity contribution in [2.75, 3.05) is 6.54 Å². The minimum Gasteiger partial charge on any atom is -0.268 e. The molecule has 2 aliphatic rings. The van der Waals surface area contributed by atoms with E-state index in [4.69, 9.17) is 0 Å². The van der Waals surface area contributed by atoms with Crippen LogP contribution in [-0.2, 0) is 4.79 Å². The molecule has 1 aliphatic carbocycles. The maximum Gasteiger partial charge on any atom is 0.293 e. The SMILES string of the molecule is O=C1S/C(=C/c2ccc(-c3ccccc3)cc2)C(=O)N1CC1CCCCC1. The number of imide groups is 1. The summed E-state index contributed by atoms with van der Waals surface area (Å²) in [6.45, 7) is 0.578. The van der Waals surface area contributed by atoms with Gasteiger partial charge in [-0.15, -0.1) is 0 Å². The van der Waals surface area contributed by atoms with E-state index >= 15 is 0 Å². The number of carbonyl (C=O) groups is 2. The van der Waals surface area contributed by atoms with Gasteiger partial charge in [-0.3, -0.25) is 14.5 Å². The van der Waals surface area contributed by atoms with Crippen LogP contribution < -0.4 is 0 Å². The predicted molar refractivity (Wildman–Crippen MR) is 111 cm³/mol. The third kappa shape index (κ3) is 4.16. The van der Waals surface area contributed by atoms with Gasteiger partial charge in [0.1, 0.15) is 0 Å². The number of hydrogen-bond donors (Lipinski definition) is 0. The summed E-state index contributed by atoms with van der Waals surface area (Å²) in [5.41, 5.74) is 3.24. The van der Waals surface area contributed by atoms with E-state index in [1.807, 2.05) is 48.5 Å². The molecule has 0 radical (unpaired) electrons. The van der Waals surface area contributed by atoms with E-state index in [9.17, 15) is 9.59 Å². The largest absolute Gasteiger partial charge is 0.293 e. The zero-order valence-corrected chi connectivity index (χ0v) is 16.1. The van der Waals surface area contributed by atoms with Crippen molar-refractivity contribution < 1.29 is 9.59 Å². The second-order valence-corrected chi connectivity index (χ2v) is 8.28. The molecule has 4 heteroatoms. The molecule has 3 nitrogen and oxygen atoms in total. The Labute approximate surface area is 164 Å². The molecule has 2 fully saturated rings. The van der Waals surface area contributed by atoms with Crippen LogP contribution in [0.15, 0.2) is 59.5 Å². The summed E-state index contributed by atoms with van der Waals surface area (Å²) < 4.78 is 0. The van der Waals surface area contributed by atoms with Crippen LogP contribution in [0.25, 0.3) is 17.2 Å². The lowest BCUT2D eigenvalue weighted by Crippen LogP contribution is -2.34. The smallest absolute Gasteiger partial charge is 0.268 e. The highest BCUT2D eigenvalue weighted by molar-refractivity contribution is 8.18. The molecule has 0 N–H and O–H groups in total. The van der Waals surface area contributed by atoms with Gasteiger partial charge in [0.25, 0.3) is 11.1 Å². The van der Waals surface area contributed by atoms with Crippen LogP contribution in [0.2, 0.25) is 0 Å². The standard InChI is InChI=1S/C23H23NO2S/c25-22-21(27-23(26)24(22)16-18-7-3-1-4-8-18)15-17-11-13-20(14-12-17)19-9-5-2-6-10-19/h2,5-6,9-15,18H,1,3-4,7-8,16H2/b21-15+. The summed E-state index contributed by atoms with van der Waals surface area (Å²) >= 11 is 1.06. The molecule has 27 heavy (non-hydrogen) atoms. The summed E-state index contributed by atoms with van der Waals surface area (Å²) in [4.78, 5) is 27.0. The van der Waals surface area contributed by atoms with Gasteiger partial charge in [-0.05, 0) is 53.3 Å². The number of rotatable bonds is 4. The zero-order chi connectivity index (χ0) is 18.6. The predicted octanol–water partition coefficient (Wildman–Crippen LogP) is 5.97. The number of hydrogen-bond acceptors (Lipinski definition) is 3. The van der Waals surface area contributed by atoms with E-state index in [-0.39, 0.29) is 11.1 Å². The van der Waals surface area contributed by atoms with Crippen molar-refractivity contribution in [2.45, 2.75) is 32.1 Å². The van der Waals surface area contributed by atoms with Crippen LogP contribution in [0.3, 0.4) is 0 Å². The van der Waals surface area contributed by atoms with Gasteiger partial charge < -0.3 is 0 Å². The molecule has 0 bridgehead atoms. The van der Waals surface area contributed by atoms with Crippen LogP contribution in [0.5, 0.6) is 0 Å². The molecule has 0 aromatic heterocycles. The Morgan fingerprint density at radius 1 is 0.889 bits per heavy atom. The fraction of sp³-hybridized carbons (Fsp3) is 0.304. The topological polar surface area (TPSA) is 37.4 Å². The average molecular weight is 378 g/mol. The molecule has 0 atom stereocenters. The van der Waals surface area contributed by atoms with Crippen molar-refractivity contribution in [3.8, 4) is 11.1 Å². The van der Waals surface area contributed by atoms with E-state index in [1.165, 1.54) is 24.2 Å². The van der Waals surface area contributed by atoms with Gasteiger partial charge >= 0.3 is 0 Å². The van der Waals surface area contributed by atoms with Gasteiger partial charge in [-0.25, -0.2) is 0 Å². The zero-order valence-electron chi connectivity index (χ0n) is 15.3. The van der Waals surface area contributed by atoms with Crippen LogP contribution >= 0.6 is 11.8 Å². The number of thioether (sulfide) groups is 1. The quantitative estimate of drug-likeness (QED) is 0.616. The Kier molecular flexibility index (Phi) is 5.44. The summed E-state index contributed by atoms with van der Waals surface area (Å²) in [5, 5.41) is -0.127. The molecule has 1 aliphatic heterocycles. The number of nitrogens with zero attached hydrogens (tertiary/aromatic N) is 1. The van der Waals surface area contributed by atoms with E-state index < -0.39 is 0 Å². The van der Waals surface area contributed by atoms with Crippen LogP contribution in [0.1, 0.15) is 37.7 Å². The lowest BCUT2D eigenvalue weighted by Gasteiger charge is -2.25. The molecule has 1 saturated heterocycles. The maximum absolute atomic E-state index is 12.7. The lowest BCUT2D eigenvalue weighted by atomic mass is 9.89. The van der Waals surface area contributed by atoms with E-state index in [1.54, 1.807) is 0 Å². The highest BCUT2D eigenvalue weighted by Gasteiger charge is 2.36. The Bertz CT molecular complexity index is 852. The molecule has 1 saturated carbocycles. The Balaban J connectivity index is 1.47. The highest BCUT2D eigenvalue weighted by Crippen LogP contribution is 2.35. The first-order valence-corrected chi connectivity index (χ1v) is 10.4. The second-order valence-electron chi connectivity index (χ2n) is 7.28. The van der Waals surface area contributed by atoms with Crippen molar-refractivity contribution in [1.82, 2.24) is 4.90 Å². The summed E-state index contributed by atoms with van der Waals surface area (Å²) in [6, 6.07) is 18.3. The molecule has 0 unspecified atom stereocenters. The first kappa shape index (κ1) is 18.1. The molecule has 4 rings (SSSR count). The van der Waals surface area contributed by atoms with Crippen LogP contribution in [-0.4, -0.2) is 22.6 Å². The van der Waals surface area contributed by atoms with Crippen molar-refractivity contribution in [1.29, 1.82) is 0 Å². The minimum atomic E-state index is -0.136. The second kappa shape index (κ2) is 8.13. The van der Waals surface area contributed by atoms with Crippen LogP contribution in [0.4, 0.5) is 4.79 Å². The Morgan fingerprint density at radius 2 is 1.56 bits per heavy atom. The molecular weight excluding hydrogens is 354 g/mol. The summed E-state index contributed by atoms with van der Waals surface area (Å²) in [5.74, 6) is 0.333. The first-order chi connectivity index (χ1) is 13.2. The molecule has 2 aromatic rings. The van der Waals surface area contributed by atoms with Crippen LogP contribution in [0, 0.1) is 5.92 Å². The summed E-state index contributed by atoms with van der Waals surface area (Å²) in [6.07, 6.45) is 7.79. The highest BCUT2D eigenvalue weighted by atomic mass is 32.2. The molecule has 138 valence electrons. The van der Waals surface area contributed by atoms with Gasteiger partial charge in [0, 0.05) is 6.54 Å². The van der Waals surface area contributed by atoms with E-state index in [2.05, 4.69) is 12.1 Å². The molecule has 2 aromatic carbocycles. The minimum absolute atomic E-state index is 0.127. The van der Waals surface area contributed by atoms with Crippen molar-refractivity contribution in [3.05, 3.63) is 65.1 Å². The monoisotopic (exact) mass is 377 g/mol. The molecule has 2 amide bonds. The molecule has 1 heterocycles. The number of amides is 2. The maximum atomic E-state index is 12.7. The third-order valence-corrected chi connectivity index (χ3v) is 6.26. The molecule has 0 spiro atoms. The van der Waals surface area contributed by atoms with E-state index in [0.717, 1.165) is 41.3 Å².